The van der Waals surface area contributed by atoms with Gasteiger partial charge in [-0.25, -0.2) is 9.97 Å². The molecule has 0 fully saturated rings. The normalized spacial score (nSPS) is 11.2. The molecule has 4 aromatic rings. The molecule has 4 rings (SSSR count). The highest BCUT2D eigenvalue weighted by Crippen LogP contribution is 2.34. The molecular formula is C24H25ClN4OS2. The predicted octanol–water partition coefficient (Wildman–Crippen LogP) is 6.37. The molecule has 5 nitrogen and oxygen atoms in total. The molecule has 0 aliphatic carbocycles. The van der Waals surface area contributed by atoms with Crippen LogP contribution in [0, 0.1) is 13.8 Å². The minimum absolute atomic E-state index is 0.0954. The standard InChI is InChI=1S/C24H25ClN4OS2/c1-17-4-6-19(7-5-17)31-15-10-22(30)29(13-3-12-28-14-11-26-16-28)24-27-23-18(2)20(25)8-9-21(23)32-24/h4-9,11,14,16H,3,10,12-13,15H2,1-2H3. The molecule has 32 heavy (non-hydrogen) atoms. The number of rotatable bonds is 9. The molecule has 0 atom stereocenters. The van der Waals surface area contributed by atoms with Crippen molar-refractivity contribution in [1.82, 2.24) is 14.5 Å². The van der Waals surface area contributed by atoms with Crippen molar-refractivity contribution in [3.05, 3.63) is 71.3 Å². The first kappa shape index (κ1) is 22.8. The molecule has 0 aliphatic heterocycles. The summed E-state index contributed by atoms with van der Waals surface area (Å²) in [5.41, 5.74) is 3.06. The van der Waals surface area contributed by atoms with Gasteiger partial charge >= 0.3 is 0 Å². The molecule has 166 valence electrons. The van der Waals surface area contributed by atoms with Crippen molar-refractivity contribution >= 4 is 56.0 Å². The number of amides is 1. The Hall–Kier alpha value is -2.35. The van der Waals surface area contributed by atoms with Crippen molar-refractivity contribution in [2.75, 3.05) is 17.2 Å². The van der Waals surface area contributed by atoms with E-state index in [1.165, 1.54) is 10.5 Å². The molecule has 0 N–H and O–H groups in total. The van der Waals surface area contributed by atoms with Gasteiger partial charge in [0.15, 0.2) is 5.13 Å². The fourth-order valence-electron chi connectivity index (χ4n) is 3.39. The zero-order chi connectivity index (χ0) is 22.5. The van der Waals surface area contributed by atoms with Crippen LogP contribution in [-0.4, -0.2) is 32.7 Å². The number of thiazole rings is 1. The maximum Gasteiger partial charge on any atom is 0.229 e. The topological polar surface area (TPSA) is 51.0 Å². The lowest BCUT2D eigenvalue weighted by Crippen LogP contribution is -2.32. The number of nitrogens with zero attached hydrogens (tertiary/aromatic N) is 4. The van der Waals surface area contributed by atoms with Gasteiger partial charge in [0.25, 0.3) is 0 Å². The van der Waals surface area contributed by atoms with Crippen LogP contribution >= 0.6 is 34.7 Å². The van der Waals surface area contributed by atoms with Crippen LogP contribution in [-0.2, 0) is 11.3 Å². The molecule has 2 aromatic heterocycles. The minimum atomic E-state index is 0.0954. The van der Waals surface area contributed by atoms with Gasteiger partial charge in [0.2, 0.25) is 5.91 Å². The van der Waals surface area contributed by atoms with E-state index >= 15 is 0 Å². The fourth-order valence-corrected chi connectivity index (χ4v) is 5.45. The molecule has 0 saturated carbocycles. The number of imidazole rings is 1. The third-order valence-electron chi connectivity index (χ3n) is 5.23. The molecule has 2 heterocycles. The van der Waals surface area contributed by atoms with Crippen LogP contribution in [0.5, 0.6) is 0 Å². The maximum atomic E-state index is 13.2. The Morgan fingerprint density at radius 1 is 1.19 bits per heavy atom. The number of aryl methyl sites for hydroxylation is 3. The highest BCUT2D eigenvalue weighted by molar-refractivity contribution is 7.99. The molecule has 0 radical (unpaired) electrons. The number of aromatic nitrogens is 3. The van der Waals surface area contributed by atoms with Gasteiger partial charge < -0.3 is 4.57 Å². The van der Waals surface area contributed by atoms with E-state index in [2.05, 4.69) is 36.2 Å². The summed E-state index contributed by atoms with van der Waals surface area (Å²) < 4.78 is 3.07. The third kappa shape index (κ3) is 5.52. The number of carbonyl (C=O) groups excluding carboxylic acids is 1. The Bertz CT molecular complexity index is 1190. The van der Waals surface area contributed by atoms with E-state index < -0.39 is 0 Å². The van der Waals surface area contributed by atoms with E-state index in [-0.39, 0.29) is 5.91 Å². The second-order valence-corrected chi connectivity index (χ2v) is 10.2. The van der Waals surface area contributed by atoms with Crippen LogP contribution in [0.2, 0.25) is 5.02 Å². The summed E-state index contributed by atoms with van der Waals surface area (Å²) in [4.78, 5) is 25.2. The largest absolute Gasteiger partial charge is 0.337 e. The second-order valence-electron chi connectivity index (χ2n) is 7.63. The van der Waals surface area contributed by atoms with Crippen molar-refractivity contribution in [3.63, 3.8) is 0 Å². The van der Waals surface area contributed by atoms with Crippen LogP contribution in [0.1, 0.15) is 24.0 Å². The van der Waals surface area contributed by atoms with Crippen LogP contribution in [0.4, 0.5) is 5.13 Å². The van der Waals surface area contributed by atoms with Gasteiger partial charge in [-0.1, -0.05) is 40.6 Å². The lowest BCUT2D eigenvalue weighted by molar-refractivity contribution is -0.118. The SMILES string of the molecule is Cc1ccc(SCCC(=O)N(CCCn2ccnc2)c2nc3c(C)c(Cl)ccc3s2)cc1. The van der Waals surface area contributed by atoms with Gasteiger partial charge in [0.05, 0.1) is 16.5 Å². The molecule has 0 spiro atoms. The van der Waals surface area contributed by atoms with Gasteiger partial charge in [0, 0.05) is 47.6 Å². The van der Waals surface area contributed by atoms with Crippen molar-refractivity contribution in [2.45, 2.75) is 38.1 Å². The Morgan fingerprint density at radius 2 is 2.00 bits per heavy atom. The van der Waals surface area contributed by atoms with Gasteiger partial charge in [0.1, 0.15) is 0 Å². The van der Waals surface area contributed by atoms with Crippen molar-refractivity contribution in [1.29, 1.82) is 0 Å². The molecule has 0 aliphatic rings. The molecule has 0 unspecified atom stereocenters. The summed E-state index contributed by atoms with van der Waals surface area (Å²) >= 11 is 9.54. The van der Waals surface area contributed by atoms with Crippen LogP contribution in [0.3, 0.4) is 0 Å². The quantitative estimate of drug-likeness (QED) is 0.259. The number of fused-ring (bicyclic) bond motifs is 1. The number of thioether (sulfide) groups is 1. The molecule has 0 bridgehead atoms. The Morgan fingerprint density at radius 3 is 2.75 bits per heavy atom. The molecular weight excluding hydrogens is 460 g/mol. The number of hydrogen-bond acceptors (Lipinski definition) is 5. The summed E-state index contributed by atoms with van der Waals surface area (Å²) in [5.74, 6) is 0.827. The summed E-state index contributed by atoms with van der Waals surface area (Å²) in [6, 6.07) is 12.3. The van der Waals surface area contributed by atoms with Gasteiger partial charge in [-0.05, 0) is 50.1 Å². The van der Waals surface area contributed by atoms with Gasteiger partial charge in [-0.2, -0.15) is 0 Å². The van der Waals surface area contributed by atoms with Gasteiger partial charge in [-0.3, -0.25) is 9.69 Å². The van der Waals surface area contributed by atoms with Crippen molar-refractivity contribution in [2.24, 2.45) is 0 Å². The average molecular weight is 485 g/mol. The van der Waals surface area contributed by atoms with Crippen LogP contribution in [0.25, 0.3) is 10.2 Å². The molecule has 0 saturated heterocycles. The first-order valence-corrected chi connectivity index (χ1v) is 12.7. The van der Waals surface area contributed by atoms with Crippen LogP contribution in [0.15, 0.2) is 60.0 Å². The zero-order valence-corrected chi connectivity index (χ0v) is 20.5. The Balaban J connectivity index is 1.48. The minimum Gasteiger partial charge on any atom is -0.337 e. The Labute approximate surface area is 201 Å². The molecule has 2 aromatic carbocycles. The number of hydrogen-bond donors (Lipinski definition) is 0. The average Bonchev–Trinajstić information content (AvgIpc) is 3.45. The summed E-state index contributed by atoms with van der Waals surface area (Å²) in [6.07, 6.45) is 6.79. The van der Waals surface area contributed by atoms with Crippen molar-refractivity contribution < 1.29 is 4.79 Å². The van der Waals surface area contributed by atoms with E-state index in [0.717, 1.165) is 39.6 Å². The van der Waals surface area contributed by atoms with E-state index in [1.807, 2.05) is 34.7 Å². The van der Waals surface area contributed by atoms with Crippen molar-refractivity contribution in [3.8, 4) is 0 Å². The first-order chi connectivity index (χ1) is 15.5. The summed E-state index contributed by atoms with van der Waals surface area (Å²) in [7, 11) is 0. The highest BCUT2D eigenvalue weighted by atomic mass is 35.5. The highest BCUT2D eigenvalue weighted by Gasteiger charge is 2.20. The molecule has 1 amide bonds. The van der Waals surface area contributed by atoms with E-state index in [1.54, 1.807) is 35.6 Å². The summed E-state index contributed by atoms with van der Waals surface area (Å²) in [6.45, 7) is 5.46. The monoisotopic (exact) mass is 484 g/mol. The number of carbonyl (C=O) groups is 1. The predicted molar refractivity (Wildman–Crippen MR) is 135 cm³/mol. The number of anilines is 1. The van der Waals surface area contributed by atoms with E-state index in [4.69, 9.17) is 16.6 Å². The van der Waals surface area contributed by atoms with Crippen LogP contribution < -0.4 is 4.90 Å². The lowest BCUT2D eigenvalue weighted by Gasteiger charge is -2.20. The van der Waals surface area contributed by atoms with E-state index in [9.17, 15) is 4.79 Å². The smallest absolute Gasteiger partial charge is 0.229 e. The summed E-state index contributed by atoms with van der Waals surface area (Å²) in [5, 5.41) is 1.43. The number of benzene rings is 2. The molecule has 8 heteroatoms. The first-order valence-electron chi connectivity index (χ1n) is 10.5. The van der Waals surface area contributed by atoms with E-state index in [0.29, 0.717) is 18.0 Å². The maximum absolute atomic E-state index is 13.2. The fraction of sp³-hybridized carbons (Fsp3) is 0.292. The Kier molecular flexibility index (Phi) is 7.50. The zero-order valence-electron chi connectivity index (χ0n) is 18.1. The third-order valence-corrected chi connectivity index (χ3v) is 7.70. The second kappa shape index (κ2) is 10.5. The number of halogens is 1. The van der Waals surface area contributed by atoms with Gasteiger partial charge in [-0.15, -0.1) is 11.8 Å². The lowest BCUT2D eigenvalue weighted by atomic mass is 10.2.